The number of nitrogens with one attached hydrogen (secondary N) is 1. The van der Waals surface area contributed by atoms with E-state index >= 15 is 0 Å². The molecule has 2 aromatic rings. The first-order chi connectivity index (χ1) is 12.7. The van der Waals surface area contributed by atoms with Gasteiger partial charge in [-0.05, 0) is 36.4 Å². The smallest absolute Gasteiger partial charge is 0.163 e. The second-order valence-corrected chi connectivity index (χ2v) is 6.69. The third-order valence-corrected chi connectivity index (χ3v) is 5.00. The van der Waals surface area contributed by atoms with E-state index in [4.69, 9.17) is 4.74 Å². The Morgan fingerprint density at radius 2 is 1.78 bits per heavy atom. The lowest BCUT2D eigenvalue weighted by Gasteiger charge is -2.34. The van der Waals surface area contributed by atoms with E-state index in [2.05, 4.69) is 11.0 Å². The largest absolute Gasteiger partial charge is 1.00 e. The van der Waals surface area contributed by atoms with Crippen LogP contribution in [0.3, 0.4) is 0 Å². The molecule has 0 bridgehead atoms. The van der Waals surface area contributed by atoms with Gasteiger partial charge in [0.2, 0.25) is 0 Å². The molecule has 6 heteroatoms. The minimum Gasteiger partial charge on any atom is -1.00 e. The standard InChI is InChI=1S/C21H25FN2O2.ClH/c1-26-21-7-3-2-5-19(21)24-15-13-23(14-16-24)12-4-6-20(25)17-8-10-18(22)11-9-17;/h2-3,5,7-11H,4,6,12-16H2,1H3;1H. The normalized spacial score (nSPS) is 14.5. The Hall–Kier alpha value is -2.11. The number of para-hydroxylation sites is 2. The molecular weight excluding hydrogens is 367 g/mol. The number of halogens is 2. The summed E-state index contributed by atoms with van der Waals surface area (Å²) in [7, 11) is 1.71. The zero-order valence-corrected chi connectivity index (χ0v) is 16.3. The van der Waals surface area contributed by atoms with E-state index in [1.165, 1.54) is 17.0 Å². The van der Waals surface area contributed by atoms with Crippen molar-refractivity contribution in [1.29, 1.82) is 0 Å². The number of quaternary nitrogens is 1. The lowest BCUT2D eigenvalue weighted by Crippen LogP contribution is -3.14. The van der Waals surface area contributed by atoms with Crippen LogP contribution in [-0.2, 0) is 0 Å². The van der Waals surface area contributed by atoms with E-state index in [0.29, 0.717) is 12.0 Å². The molecule has 0 spiro atoms. The molecule has 1 aliphatic heterocycles. The van der Waals surface area contributed by atoms with Gasteiger partial charge < -0.3 is 26.9 Å². The minimum atomic E-state index is -0.307. The maximum absolute atomic E-state index is 12.9. The molecule has 2 aromatic carbocycles. The van der Waals surface area contributed by atoms with Gasteiger partial charge in [0.25, 0.3) is 0 Å². The van der Waals surface area contributed by atoms with Crippen molar-refractivity contribution in [3.05, 3.63) is 59.9 Å². The van der Waals surface area contributed by atoms with E-state index in [1.807, 2.05) is 18.2 Å². The van der Waals surface area contributed by atoms with Crippen LogP contribution in [0.25, 0.3) is 0 Å². The summed E-state index contributed by atoms with van der Waals surface area (Å²) < 4.78 is 18.4. The second kappa shape index (κ2) is 10.3. The number of carbonyl (C=O) groups is 1. The molecule has 0 amide bonds. The minimum absolute atomic E-state index is 0. The van der Waals surface area contributed by atoms with Gasteiger partial charge in [0, 0.05) is 18.4 Å². The number of ketones is 1. The maximum atomic E-state index is 12.9. The van der Waals surface area contributed by atoms with Crippen molar-refractivity contribution in [2.75, 3.05) is 44.7 Å². The number of piperazine rings is 1. The molecule has 0 radical (unpaired) electrons. The number of hydrogen-bond acceptors (Lipinski definition) is 3. The third kappa shape index (κ3) is 5.68. The summed E-state index contributed by atoms with van der Waals surface area (Å²) >= 11 is 0. The lowest BCUT2D eigenvalue weighted by molar-refractivity contribution is -0.900. The molecule has 146 valence electrons. The van der Waals surface area contributed by atoms with Crippen LogP contribution < -0.4 is 26.9 Å². The van der Waals surface area contributed by atoms with E-state index in [9.17, 15) is 9.18 Å². The van der Waals surface area contributed by atoms with Gasteiger partial charge >= 0.3 is 0 Å². The number of hydrogen-bond donors (Lipinski definition) is 1. The van der Waals surface area contributed by atoms with Gasteiger partial charge in [-0.25, -0.2) is 4.39 Å². The first kappa shape index (κ1) is 21.2. The SMILES string of the molecule is COc1ccccc1N1CC[NH+](CCCC(=O)c2ccc(F)cc2)CC1.[Cl-]. The number of Topliss-reactive ketones (excluding diaryl/α,β-unsaturated/α-hetero) is 1. The Kier molecular flexibility index (Phi) is 8.07. The molecule has 0 aliphatic carbocycles. The summed E-state index contributed by atoms with van der Waals surface area (Å²) in [6.07, 6.45) is 1.38. The van der Waals surface area contributed by atoms with Crippen molar-refractivity contribution in [3.63, 3.8) is 0 Å². The Bertz CT molecular complexity index is 731. The number of benzene rings is 2. The highest BCUT2D eigenvalue weighted by atomic mass is 35.5. The number of methoxy groups -OCH3 is 1. The average Bonchev–Trinajstić information content (AvgIpc) is 2.69. The van der Waals surface area contributed by atoms with Crippen molar-refractivity contribution in [1.82, 2.24) is 0 Å². The molecule has 0 atom stereocenters. The molecular formula is C21H26ClFN2O2. The predicted molar refractivity (Wildman–Crippen MR) is 101 cm³/mol. The van der Waals surface area contributed by atoms with Crippen molar-refractivity contribution >= 4 is 11.5 Å². The molecule has 0 unspecified atom stereocenters. The van der Waals surface area contributed by atoms with Crippen molar-refractivity contribution in [2.45, 2.75) is 12.8 Å². The summed E-state index contributed by atoms with van der Waals surface area (Å²) in [5.74, 6) is 0.705. The highest BCUT2D eigenvalue weighted by molar-refractivity contribution is 5.95. The molecule has 1 saturated heterocycles. The van der Waals surface area contributed by atoms with Gasteiger partial charge in [0.05, 0.1) is 45.5 Å². The van der Waals surface area contributed by atoms with Crippen LogP contribution in [0.5, 0.6) is 5.75 Å². The number of carbonyl (C=O) groups excluding carboxylic acids is 1. The van der Waals surface area contributed by atoms with Gasteiger partial charge in [-0.3, -0.25) is 4.79 Å². The van der Waals surface area contributed by atoms with Crippen molar-refractivity contribution in [2.24, 2.45) is 0 Å². The molecule has 1 aliphatic rings. The van der Waals surface area contributed by atoms with E-state index in [0.717, 1.165) is 50.6 Å². The topological polar surface area (TPSA) is 34.0 Å². The predicted octanol–water partition coefficient (Wildman–Crippen LogP) is -0.794. The fourth-order valence-corrected chi connectivity index (χ4v) is 3.48. The second-order valence-electron chi connectivity index (χ2n) is 6.69. The fourth-order valence-electron chi connectivity index (χ4n) is 3.48. The number of ether oxygens (including phenoxy) is 1. The lowest BCUT2D eigenvalue weighted by atomic mass is 10.1. The Morgan fingerprint density at radius 1 is 1.11 bits per heavy atom. The van der Waals surface area contributed by atoms with E-state index in [1.54, 1.807) is 19.2 Å². The molecule has 27 heavy (non-hydrogen) atoms. The summed E-state index contributed by atoms with van der Waals surface area (Å²) in [5.41, 5.74) is 1.75. The number of anilines is 1. The summed E-state index contributed by atoms with van der Waals surface area (Å²) in [6.45, 7) is 5.08. The van der Waals surface area contributed by atoms with Crippen LogP contribution in [0.4, 0.5) is 10.1 Å². The average molecular weight is 393 g/mol. The van der Waals surface area contributed by atoms with Gasteiger partial charge in [-0.2, -0.15) is 0 Å². The van der Waals surface area contributed by atoms with Gasteiger partial charge in [0.15, 0.2) is 5.78 Å². The zero-order chi connectivity index (χ0) is 18.4. The summed E-state index contributed by atoms with van der Waals surface area (Å²) in [4.78, 5) is 16.0. The van der Waals surface area contributed by atoms with Crippen LogP contribution in [-0.4, -0.2) is 45.6 Å². The molecule has 3 rings (SSSR count). The highest BCUT2D eigenvalue weighted by Gasteiger charge is 2.22. The molecule has 1 fully saturated rings. The van der Waals surface area contributed by atoms with Crippen LogP contribution in [0.1, 0.15) is 23.2 Å². The number of nitrogens with zero attached hydrogens (tertiary/aromatic N) is 1. The Morgan fingerprint density at radius 3 is 2.44 bits per heavy atom. The number of rotatable bonds is 7. The monoisotopic (exact) mass is 392 g/mol. The van der Waals surface area contributed by atoms with Gasteiger partial charge in [-0.1, -0.05) is 12.1 Å². The summed E-state index contributed by atoms with van der Waals surface area (Å²) in [5, 5.41) is 0. The van der Waals surface area contributed by atoms with Gasteiger partial charge in [0.1, 0.15) is 11.6 Å². The quantitative estimate of drug-likeness (QED) is 0.627. The van der Waals surface area contributed by atoms with Crippen molar-refractivity contribution < 1.29 is 31.2 Å². The fraction of sp³-hybridized carbons (Fsp3) is 0.381. The molecule has 4 nitrogen and oxygen atoms in total. The van der Waals surface area contributed by atoms with E-state index < -0.39 is 0 Å². The summed E-state index contributed by atoms with van der Waals surface area (Å²) in [6, 6.07) is 13.9. The first-order valence-corrected chi connectivity index (χ1v) is 9.17. The van der Waals surface area contributed by atoms with Crippen molar-refractivity contribution in [3.8, 4) is 5.75 Å². The first-order valence-electron chi connectivity index (χ1n) is 9.17. The van der Waals surface area contributed by atoms with Crippen LogP contribution >= 0.6 is 0 Å². The molecule has 0 saturated carbocycles. The zero-order valence-electron chi connectivity index (χ0n) is 15.6. The Labute approximate surface area is 166 Å². The molecule has 1 heterocycles. The molecule has 0 aromatic heterocycles. The van der Waals surface area contributed by atoms with E-state index in [-0.39, 0.29) is 24.0 Å². The molecule has 1 N–H and O–H groups in total. The van der Waals surface area contributed by atoms with Crippen LogP contribution in [0.2, 0.25) is 0 Å². The van der Waals surface area contributed by atoms with Crippen LogP contribution in [0, 0.1) is 5.82 Å². The maximum Gasteiger partial charge on any atom is 0.163 e. The van der Waals surface area contributed by atoms with Crippen LogP contribution in [0.15, 0.2) is 48.5 Å². The Balaban J connectivity index is 0.00000261. The van der Waals surface area contributed by atoms with Gasteiger partial charge in [-0.15, -0.1) is 0 Å². The highest BCUT2D eigenvalue weighted by Crippen LogP contribution is 2.27. The third-order valence-electron chi connectivity index (χ3n) is 5.00.